The largest absolute Gasteiger partial charge is 0.492 e. The number of benzene rings is 1. The van der Waals surface area contributed by atoms with E-state index in [9.17, 15) is 0 Å². The Kier molecular flexibility index (Phi) is 7.85. The van der Waals surface area contributed by atoms with Crippen molar-refractivity contribution < 1.29 is 4.74 Å². The second-order valence-electron chi connectivity index (χ2n) is 5.85. The fourth-order valence-corrected chi connectivity index (χ4v) is 2.63. The van der Waals surface area contributed by atoms with Crippen LogP contribution in [0, 0.1) is 17.2 Å². The van der Waals surface area contributed by atoms with Gasteiger partial charge in [0.2, 0.25) is 0 Å². The number of nitriles is 1. The number of nitrogens with zero attached hydrogens (tertiary/aromatic N) is 2. The Hall–Kier alpha value is -1.53. The van der Waals surface area contributed by atoms with Crippen LogP contribution >= 0.6 is 0 Å². The van der Waals surface area contributed by atoms with Gasteiger partial charge in [-0.2, -0.15) is 5.26 Å². The normalized spacial score (nSPS) is 11.1. The van der Waals surface area contributed by atoms with Gasteiger partial charge in [-0.1, -0.05) is 33.8 Å². The van der Waals surface area contributed by atoms with Gasteiger partial charge in [0.05, 0.1) is 11.6 Å². The molecule has 1 aromatic carbocycles. The minimum Gasteiger partial charge on any atom is -0.492 e. The lowest BCUT2D eigenvalue weighted by atomic mass is 10.1. The summed E-state index contributed by atoms with van der Waals surface area (Å²) in [4.78, 5) is 2.53. The Bertz CT molecular complexity index is 447. The predicted molar refractivity (Wildman–Crippen MR) is 87.4 cm³/mol. The van der Waals surface area contributed by atoms with Gasteiger partial charge >= 0.3 is 0 Å². The molecule has 0 heterocycles. The third kappa shape index (κ3) is 6.18. The maximum absolute atomic E-state index is 8.90. The summed E-state index contributed by atoms with van der Waals surface area (Å²) in [6.07, 6.45) is 2.35. The summed E-state index contributed by atoms with van der Waals surface area (Å²) >= 11 is 0. The molecule has 0 N–H and O–H groups in total. The van der Waals surface area contributed by atoms with Crippen LogP contribution in [0.15, 0.2) is 24.3 Å². The van der Waals surface area contributed by atoms with E-state index in [1.807, 2.05) is 12.1 Å². The zero-order valence-electron chi connectivity index (χ0n) is 13.8. The van der Waals surface area contributed by atoms with Crippen molar-refractivity contribution in [1.29, 1.82) is 5.26 Å². The zero-order valence-corrected chi connectivity index (χ0v) is 13.8. The van der Waals surface area contributed by atoms with E-state index in [4.69, 9.17) is 10.00 Å². The van der Waals surface area contributed by atoms with Crippen molar-refractivity contribution in [2.24, 2.45) is 5.92 Å². The first-order chi connectivity index (χ1) is 10.1. The van der Waals surface area contributed by atoms with Gasteiger partial charge in [0.15, 0.2) is 0 Å². The summed E-state index contributed by atoms with van der Waals surface area (Å²) in [7, 11) is 0. The molecule has 0 bridgehead atoms. The van der Waals surface area contributed by atoms with Crippen molar-refractivity contribution >= 4 is 0 Å². The Morgan fingerprint density at radius 2 is 1.95 bits per heavy atom. The van der Waals surface area contributed by atoms with E-state index in [2.05, 4.69) is 38.7 Å². The van der Waals surface area contributed by atoms with Crippen LogP contribution in [0.2, 0.25) is 0 Å². The van der Waals surface area contributed by atoms with Gasteiger partial charge in [-0.25, -0.2) is 0 Å². The molecule has 0 fully saturated rings. The molecular weight excluding hydrogens is 260 g/mol. The Morgan fingerprint density at radius 3 is 2.52 bits per heavy atom. The Morgan fingerprint density at radius 1 is 1.24 bits per heavy atom. The predicted octanol–water partition coefficient (Wildman–Crippen LogP) is 4.08. The number of rotatable bonds is 9. The molecule has 116 valence electrons. The molecule has 0 amide bonds. The zero-order chi connectivity index (χ0) is 15.7. The maximum atomic E-state index is 8.90. The lowest BCUT2D eigenvalue weighted by Gasteiger charge is -2.31. The fraction of sp³-hybridized carbons (Fsp3) is 0.611. The van der Waals surface area contributed by atoms with E-state index in [1.54, 1.807) is 12.1 Å². The van der Waals surface area contributed by atoms with Crippen molar-refractivity contribution in [3.05, 3.63) is 29.8 Å². The van der Waals surface area contributed by atoms with E-state index < -0.39 is 0 Å². The average Bonchev–Trinajstić information content (AvgIpc) is 2.48. The molecule has 0 saturated heterocycles. The minimum atomic E-state index is 0.626. The van der Waals surface area contributed by atoms with Crippen molar-refractivity contribution in [3.8, 4) is 11.8 Å². The van der Waals surface area contributed by atoms with Crippen LogP contribution < -0.4 is 4.74 Å². The Balaban J connectivity index is 2.54. The first kappa shape index (κ1) is 17.5. The van der Waals surface area contributed by atoms with E-state index in [1.165, 1.54) is 12.8 Å². The molecule has 0 atom stereocenters. The summed E-state index contributed by atoms with van der Waals surface area (Å²) in [5, 5.41) is 8.90. The lowest BCUT2D eigenvalue weighted by molar-refractivity contribution is 0.137. The van der Waals surface area contributed by atoms with Crippen molar-refractivity contribution in [2.75, 3.05) is 19.7 Å². The van der Waals surface area contributed by atoms with Gasteiger partial charge in [0.25, 0.3) is 0 Å². The molecule has 21 heavy (non-hydrogen) atoms. The van der Waals surface area contributed by atoms with Crippen LogP contribution in [0.4, 0.5) is 0 Å². The van der Waals surface area contributed by atoms with Gasteiger partial charge in [0, 0.05) is 19.1 Å². The molecule has 0 unspecified atom stereocenters. The third-order valence-corrected chi connectivity index (χ3v) is 3.67. The van der Waals surface area contributed by atoms with E-state index in [0.717, 1.165) is 18.8 Å². The molecule has 3 heteroatoms. The number of hydrogen-bond donors (Lipinski definition) is 0. The minimum absolute atomic E-state index is 0.626. The van der Waals surface area contributed by atoms with Crippen molar-refractivity contribution in [1.82, 2.24) is 4.90 Å². The highest BCUT2D eigenvalue weighted by Gasteiger charge is 2.16. The van der Waals surface area contributed by atoms with Crippen LogP contribution in [0.1, 0.15) is 46.1 Å². The average molecular weight is 288 g/mol. The molecule has 0 radical (unpaired) electrons. The molecule has 0 saturated carbocycles. The molecular formula is C18H28N2O. The van der Waals surface area contributed by atoms with Crippen LogP contribution in [0.3, 0.4) is 0 Å². The summed E-state index contributed by atoms with van der Waals surface area (Å²) in [6, 6.07) is 10.1. The Labute approximate surface area is 129 Å². The molecule has 1 aromatic rings. The highest BCUT2D eigenvalue weighted by atomic mass is 16.5. The van der Waals surface area contributed by atoms with Gasteiger partial charge in [-0.3, -0.25) is 4.90 Å². The monoisotopic (exact) mass is 288 g/mol. The van der Waals surface area contributed by atoms with Crippen molar-refractivity contribution in [2.45, 2.75) is 46.6 Å². The molecule has 1 rings (SSSR count). The van der Waals surface area contributed by atoms with Crippen molar-refractivity contribution in [3.63, 3.8) is 0 Å². The fourth-order valence-electron chi connectivity index (χ4n) is 2.63. The summed E-state index contributed by atoms with van der Waals surface area (Å²) in [5.41, 5.74) is 0.645. The number of ether oxygens (including phenoxy) is 1. The summed E-state index contributed by atoms with van der Waals surface area (Å²) < 4.78 is 5.81. The van der Waals surface area contributed by atoms with Crippen LogP contribution in [0.5, 0.6) is 5.75 Å². The second kappa shape index (κ2) is 9.41. The quantitative estimate of drug-likeness (QED) is 0.687. The van der Waals surface area contributed by atoms with E-state index in [-0.39, 0.29) is 0 Å². The maximum Gasteiger partial charge on any atom is 0.120 e. The first-order valence-electron chi connectivity index (χ1n) is 7.97. The highest BCUT2D eigenvalue weighted by Crippen LogP contribution is 2.14. The third-order valence-electron chi connectivity index (χ3n) is 3.67. The molecule has 0 aliphatic carbocycles. The SMILES string of the molecule is CCC(CC)N(CCOc1cccc(C#N)c1)CC(C)C. The van der Waals surface area contributed by atoms with Crippen LogP contribution in [0.25, 0.3) is 0 Å². The van der Waals surface area contributed by atoms with E-state index in [0.29, 0.717) is 24.1 Å². The molecule has 0 aromatic heterocycles. The molecule has 3 nitrogen and oxygen atoms in total. The van der Waals surface area contributed by atoms with Crippen LogP contribution in [-0.4, -0.2) is 30.6 Å². The molecule has 0 aliphatic rings. The first-order valence-corrected chi connectivity index (χ1v) is 7.97. The van der Waals surface area contributed by atoms with E-state index >= 15 is 0 Å². The summed E-state index contributed by atoms with van der Waals surface area (Å²) in [5.74, 6) is 1.44. The smallest absolute Gasteiger partial charge is 0.120 e. The van der Waals surface area contributed by atoms with Gasteiger partial charge in [0.1, 0.15) is 12.4 Å². The standard InChI is InChI=1S/C18H28N2O/c1-5-17(6-2)20(14-15(3)4)10-11-21-18-9-7-8-16(12-18)13-19/h7-9,12,15,17H,5-6,10-11,14H2,1-4H3. The second-order valence-corrected chi connectivity index (χ2v) is 5.85. The van der Waals surface area contributed by atoms with Crippen LogP contribution in [-0.2, 0) is 0 Å². The van der Waals surface area contributed by atoms with Gasteiger partial charge < -0.3 is 4.74 Å². The topological polar surface area (TPSA) is 36.3 Å². The lowest BCUT2D eigenvalue weighted by Crippen LogP contribution is -2.39. The highest BCUT2D eigenvalue weighted by molar-refractivity contribution is 5.36. The molecule has 0 spiro atoms. The van der Waals surface area contributed by atoms with Gasteiger partial charge in [-0.15, -0.1) is 0 Å². The molecule has 0 aliphatic heterocycles. The summed E-state index contributed by atoms with van der Waals surface area (Å²) in [6.45, 7) is 11.7. The number of hydrogen-bond acceptors (Lipinski definition) is 3. The van der Waals surface area contributed by atoms with Gasteiger partial charge in [-0.05, 0) is 37.0 Å².